The van der Waals surface area contributed by atoms with Crippen LogP contribution in [0.5, 0.6) is 5.75 Å². The van der Waals surface area contributed by atoms with Crippen LogP contribution in [0.3, 0.4) is 0 Å². The Labute approximate surface area is 88.6 Å². The smallest absolute Gasteiger partial charge is 0.0743 e. The molecule has 0 fully saturated rings. The molecule has 1 aromatic rings. The van der Waals surface area contributed by atoms with Crippen LogP contribution in [0.25, 0.3) is 0 Å². The molecule has 0 aliphatic carbocycles. The average molecular weight is 232 g/mol. The summed E-state index contributed by atoms with van der Waals surface area (Å²) in [6, 6.07) is 4.23. The van der Waals surface area contributed by atoms with Crippen molar-refractivity contribution in [2.24, 2.45) is 0 Å². The van der Waals surface area contributed by atoms with E-state index in [1.54, 1.807) is 0 Å². The number of benzene rings is 1. The monoisotopic (exact) mass is 232 g/mol. The van der Waals surface area contributed by atoms with E-state index in [9.17, 15) is 8.78 Å². The zero-order chi connectivity index (χ0) is 7.56. The zero-order valence-electron chi connectivity index (χ0n) is 5.90. The molecule has 0 spiro atoms. The summed E-state index contributed by atoms with van der Waals surface area (Å²) in [6.07, 6.45) is 0. The SMILES string of the molecule is COc1[c-]cc(F)c(F)c1.[Y]. The third kappa shape index (κ3) is 2.83. The van der Waals surface area contributed by atoms with Crippen LogP contribution in [0.1, 0.15) is 0 Å². The molecule has 1 radical (unpaired) electrons. The van der Waals surface area contributed by atoms with Crippen molar-refractivity contribution in [1.29, 1.82) is 0 Å². The predicted molar refractivity (Wildman–Crippen MR) is 31.7 cm³/mol. The van der Waals surface area contributed by atoms with E-state index < -0.39 is 11.6 Å². The predicted octanol–water partition coefficient (Wildman–Crippen LogP) is 1.77. The minimum absolute atomic E-state index is 0. The van der Waals surface area contributed by atoms with Gasteiger partial charge in [-0.15, -0.1) is 12.1 Å². The first-order valence-corrected chi connectivity index (χ1v) is 2.65. The summed E-state index contributed by atoms with van der Waals surface area (Å²) >= 11 is 0. The van der Waals surface area contributed by atoms with Gasteiger partial charge < -0.3 is 4.74 Å². The maximum atomic E-state index is 12.3. The van der Waals surface area contributed by atoms with Gasteiger partial charge in [0.1, 0.15) is 0 Å². The molecule has 0 amide bonds. The number of rotatable bonds is 1. The summed E-state index contributed by atoms with van der Waals surface area (Å²) in [4.78, 5) is 0. The minimum Gasteiger partial charge on any atom is -0.523 e. The van der Waals surface area contributed by atoms with E-state index in [-0.39, 0.29) is 38.5 Å². The first kappa shape index (κ1) is 11.0. The summed E-state index contributed by atoms with van der Waals surface area (Å²) in [5.74, 6) is -1.64. The summed E-state index contributed by atoms with van der Waals surface area (Å²) in [7, 11) is 1.36. The van der Waals surface area contributed by atoms with Gasteiger partial charge in [0.2, 0.25) is 0 Å². The van der Waals surface area contributed by atoms with E-state index >= 15 is 0 Å². The Bertz CT molecular complexity index is 240. The van der Waals surface area contributed by atoms with Crippen LogP contribution >= 0.6 is 0 Å². The molecule has 1 aromatic carbocycles. The maximum absolute atomic E-state index is 12.3. The Kier molecular flexibility index (Phi) is 4.77. The fourth-order valence-corrected chi connectivity index (χ4v) is 0.547. The van der Waals surface area contributed by atoms with Crippen molar-refractivity contribution in [2.45, 2.75) is 0 Å². The molecule has 0 N–H and O–H groups in total. The van der Waals surface area contributed by atoms with Crippen LogP contribution in [0.15, 0.2) is 12.1 Å². The molecule has 0 aliphatic heterocycles. The largest absolute Gasteiger partial charge is 0.523 e. The zero-order valence-corrected chi connectivity index (χ0v) is 8.73. The van der Waals surface area contributed by atoms with Gasteiger partial charge in [0.15, 0.2) is 0 Å². The van der Waals surface area contributed by atoms with Crippen LogP contribution < -0.4 is 4.74 Å². The third-order valence-electron chi connectivity index (χ3n) is 1.05. The Morgan fingerprint density at radius 3 is 2.45 bits per heavy atom. The van der Waals surface area contributed by atoms with E-state index in [2.05, 4.69) is 10.8 Å². The Morgan fingerprint density at radius 2 is 2.00 bits per heavy atom. The van der Waals surface area contributed by atoms with Gasteiger partial charge >= 0.3 is 0 Å². The summed E-state index contributed by atoms with van der Waals surface area (Å²) in [5.41, 5.74) is 0. The van der Waals surface area contributed by atoms with E-state index in [0.717, 1.165) is 12.1 Å². The second-order valence-electron chi connectivity index (χ2n) is 1.70. The number of ether oxygens (including phenoxy) is 1. The first-order chi connectivity index (χ1) is 4.74. The molecule has 0 saturated carbocycles. The number of hydrogen-bond acceptors (Lipinski definition) is 1. The average Bonchev–Trinajstić information content (AvgIpc) is 1.95. The molecule has 11 heavy (non-hydrogen) atoms. The first-order valence-electron chi connectivity index (χ1n) is 2.65. The summed E-state index contributed by atoms with van der Waals surface area (Å²) < 4.78 is 29.1. The van der Waals surface area contributed by atoms with Gasteiger partial charge in [0.25, 0.3) is 0 Å². The molecule has 4 heteroatoms. The summed E-state index contributed by atoms with van der Waals surface area (Å²) in [6.45, 7) is 0. The van der Waals surface area contributed by atoms with Crippen LogP contribution in [0, 0.1) is 17.7 Å². The van der Waals surface area contributed by atoms with Gasteiger partial charge in [0.05, 0.1) is 12.9 Å². The maximum Gasteiger partial charge on any atom is 0.0743 e. The normalized spacial score (nSPS) is 8.64. The van der Waals surface area contributed by atoms with Gasteiger partial charge in [-0.25, -0.2) is 4.39 Å². The molecule has 1 nitrogen and oxygen atoms in total. The molecular weight excluding hydrogens is 227 g/mol. The minimum atomic E-state index is -0.921. The van der Waals surface area contributed by atoms with Crippen molar-refractivity contribution in [3.63, 3.8) is 0 Å². The third-order valence-corrected chi connectivity index (χ3v) is 1.05. The number of methoxy groups -OCH3 is 1. The molecule has 0 aromatic heterocycles. The van der Waals surface area contributed by atoms with Gasteiger partial charge in [-0.1, -0.05) is 6.07 Å². The molecule has 0 bridgehead atoms. The molecule has 57 valence electrons. The summed E-state index contributed by atoms with van der Waals surface area (Å²) in [5, 5.41) is 0. The van der Waals surface area contributed by atoms with Crippen molar-refractivity contribution in [2.75, 3.05) is 7.11 Å². The van der Waals surface area contributed by atoms with Crippen LogP contribution in [-0.4, -0.2) is 7.11 Å². The fourth-order valence-electron chi connectivity index (χ4n) is 0.547. The van der Waals surface area contributed by atoms with Crippen LogP contribution in [0.4, 0.5) is 8.78 Å². The quantitative estimate of drug-likeness (QED) is 0.670. The van der Waals surface area contributed by atoms with Crippen molar-refractivity contribution in [3.8, 4) is 5.75 Å². The van der Waals surface area contributed by atoms with Gasteiger partial charge in [-0.3, -0.25) is 4.39 Å². The fraction of sp³-hybridized carbons (Fsp3) is 0.143. The molecule has 0 atom stereocenters. The molecule has 0 heterocycles. The van der Waals surface area contributed by atoms with Crippen molar-refractivity contribution >= 4 is 0 Å². The van der Waals surface area contributed by atoms with E-state index in [4.69, 9.17) is 0 Å². The molecule has 0 saturated heterocycles. The molecule has 0 unspecified atom stereocenters. The topological polar surface area (TPSA) is 9.23 Å². The van der Waals surface area contributed by atoms with Crippen molar-refractivity contribution in [3.05, 3.63) is 29.8 Å². The molecular formula is C7H5F2OY-. The van der Waals surface area contributed by atoms with Crippen molar-refractivity contribution in [1.82, 2.24) is 0 Å². The Balaban J connectivity index is 0.000001000. The standard InChI is InChI=1S/C7H5F2O.Y/c1-10-5-2-3-6(8)7(9)4-5;/h3-4H,1H3;/q-1;. The molecule has 0 aliphatic rings. The second kappa shape index (κ2) is 4.78. The van der Waals surface area contributed by atoms with Crippen LogP contribution in [-0.2, 0) is 32.7 Å². The number of halogens is 2. The molecule has 1 rings (SSSR count). The van der Waals surface area contributed by atoms with Gasteiger partial charge in [-0.05, 0) is 0 Å². The Hall–Kier alpha value is -0.0161. The van der Waals surface area contributed by atoms with Gasteiger partial charge in [0, 0.05) is 44.3 Å². The van der Waals surface area contributed by atoms with Gasteiger partial charge in [-0.2, -0.15) is 0 Å². The second-order valence-corrected chi connectivity index (χ2v) is 1.70. The van der Waals surface area contributed by atoms with E-state index in [0.29, 0.717) is 0 Å². The number of hydrogen-bond donors (Lipinski definition) is 0. The van der Waals surface area contributed by atoms with Crippen molar-refractivity contribution < 1.29 is 46.2 Å². The van der Waals surface area contributed by atoms with Crippen LogP contribution in [0.2, 0.25) is 0 Å². The van der Waals surface area contributed by atoms with E-state index in [1.807, 2.05) is 0 Å². The Morgan fingerprint density at radius 1 is 1.36 bits per heavy atom. The van der Waals surface area contributed by atoms with E-state index in [1.165, 1.54) is 7.11 Å².